The summed E-state index contributed by atoms with van der Waals surface area (Å²) in [6, 6.07) is 19.2. The molecule has 0 radical (unpaired) electrons. The Labute approximate surface area is 216 Å². The Balaban J connectivity index is 1.09. The maximum Gasteiger partial charge on any atom is 0.230 e. The molecular formula is C25H25N7O2S2. The molecule has 1 atom stereocenters. The zero-order valence-corrected chi connectivity index (χ0v) is 21.1. The van der Waals surface area contributed by atoms with Gasteiger partial charge in [-0.1, -0.05) is 83.3 Å². The minimum atomic E-state index is -0.105. The number of carbonyl (C=O) groups is 2. The van der Waals surface area contributed by atoms with Gasteiger partial charge in [0.25, 0.3) is 0 Å². The first kappa shape index (κ1) is 24.0. The molecule has 2 amide bonds. The zero-order valence-electron chi connectivity index (χ0n) is 19.5. The summed E-state index contributed by atoms with van der Waals surface area (Å²) >= 11 is 2.81. The Bertz CT molecular complexity index is 1310. The molecule has 184 valence electrons. The molecule has 1 saturated heterocycles. The molecule has 0 bridgehead atoms. The van der Waals surface area contributed by atoms with Gasteiger partial charge in [0.2, 0.25) is 27.2 Å². The molecule has 2 N–H and O–H groups in total. The first-order valence-electron chi connectivity index (χ1n) is 11.7. The molecule has 0 saturated carbocycles. The van der Waals surface area contributed by atoms with E-state index in [1.54, 1.807) is 0 Å². The molecule has 1 fully saturated rings. The number of anilines is 3. The zero-order chi connectivity index (χ0) is 24.7. The molecule has 4 aromatic rings. The van der Waals surface area contributed by atoms with Gasteiger partial charge in [-0.05, 0) is 23.5 Å². The highest BCUT2D eigenvalue weighted by Crippen LogP contribution is 2.31. The Morgan fingerprint density at radius 2 is 1.39 bits per heavy atom. The molecule has 36 heavy (non-hydrogen) atoms. The van der Waals surface area contributed by atoms with Crippen LogP contribution < -0.4 is 15.5 Å². The van der Waals surface area contributed by atoms with E-state index in [4.69, 9.17) is 0 Å². The third kappa shape index (κ3) is 6.49. The van der Waals surface area contributed by atoms with Gasteiger partial charge in [0, 0.05) is 19.5 Å². The van der Waals surface area contributed by atoms with Crippen LogP contribution in [0, 0.1) is 5.92 Å². The van der Waals surface area contributed by atoms with Crippen LogP contribution in [-0.4, -0.2) is 45.3 Å². The smallest absolute Gasteiger partial charge is 0.230 e. The number of nitrogens with one attached hydrogen (secondary N) is 2. The minimum absolute atomic E-state index is 0.0983. The van der Waals surface area contributed by atoms with Gasteiger partial charge in [0.15, 0.2) is 0 Å². The fourth-order valence-corrected chi connectivity index (χ4v) is 5.76. The number of aromatic nitrogens is 4. The highest BCUT2D eigenvalue weighted by Gasteiger charge is 2.27. The summed E-state index contributed by atoms with van der Waals surface area (Å²) in [6.45, 7) is 1.71. The Hall–Kier alpha value is -3.70. The van der Waals surface area contributed by atoms with Crippen LogP contribution in [0.25, 0.3) is 0 Å². The highest BCUT2D eigenvalue weighted by atomic mass is 32.1. The molecule has 0 spiro atoms. The van der Waals surface area contributed by atoms with Crippen LogP contribution in [0.3, 0.4) is 0 Å². The van der Waals surface area contributed by atoms with Gasteiger partial charge in [-0.25, -0.2) is 0 Å². The van der Waals surface area contributed by atoms with Crippen molar-refractivity contribution >= 4 is 49.9 Å². The van der Waals surface area contributed by atoms with E-state index >= 15 is 0 Å². The molecule has 5 rings (SSSR count). The lowest BCUT2D eigenvalue weighted by Crippen LogP contribution is -2.20. The molecule has 9 nitrogen and oxygen atoms in total. The minimum Gasteiger partial charge on any atom is -0.346 e. The normalized spacial score (nSPS) is 15.1. The van der Waals surface area contributed by atoms with Crippen molar-refractivity contribution in [1.29, 1.82) is 0 Å². The summed E-state index contributed by atoms with van der Waals surface area (Å²) in [5, 5.41) is 25.3. The summed E-state index contributed by atoms with van der Waals surface area (Å²) in [5.41, 5.74) is 1.92. The summed E-state index contributed by atoms with van der Waals surface area (Å²) in [6.07, 6.45) is 2.41. The van der Waals surface area contributed by atoms with Crippen LogP contribution in [-0.2, 0) is 28.9 Å². The maximum absolute atomic E-state index is 12.3. The first-order valence-corrected chi connectivity index (χ1v) is 13.3. The van der Waals surface area contributed by atoms with E-state index in [-0.39, 0.29) is 11.8 Å². The van der Waals surface area contributed by atoms with Gasteiger partial charge in [0.1, 0.15) is 5.01 Å². The number of benzene rings is 2. The monoisotopic (exact) mass is 519 g/mol. The highest BCUT2D eigenvalue weighted by molar-refractivity contribution is 7.19. The Morgan fingerprint density at radius 3 is 2.03 bits per heavy atom. The van der Waals surface area contributed by atoms with Crippen molar-refractivity contribution in [3.63, 3.8) is 0 Å². The average Bonchev–Trinajstić information content (AvgIpc) is 3.62. The van der Waals surface area contributed by atoms with Gasteiger partial charge in [-0.2, -0.15) is 0 Å². The summed E-state index contributed by atoms with van der Waals surface area (Å²) < 4.78 is 0. The Morgan fingerprint density at radius 1 is 0.806 bits per heavy atom. The molecule has 11 heteroatoms. The molecular weight excluding hydrogens is 494 g/mol. The van der Waals surface area contributed by atoms with Gasteiger partial charge in [0.05, 0.1) is 12.8 Å². The summed E-state index contributed by atoms with van der Waals surface area (Å²) in [7, 11) is 0. The first-order chi connectivity index (χ1) is 17.6. The van der Waals surface area contributed by atoms with Crippen LogP contribution in [0.2, 0.25) is 0 Å². The predicted octanol–water partition coefficient (Wildman–Crippen LogP) is 3.82. The second-order valence-corrected chi connectivity index (χ2v) is 10.6. The lowest BCUT2D eigenvalue weighted by atomic mass is 10.1. The van der Waals surface area contributed by atoms with Crippen LogP contribution >= 0.6 is 22.7 Å². The van der Waals surface area contributed by atoms with Crippen LogP contribution in [0.4, 0.5) is 15.4 Å². The van der Waals surface area contributed by atoms with Crippen LogP contribution in [0.1, 0.15) is 22.6 Å². The molecule has 2 aromatic heterocycles. The third-order valence-corrected chi connectivity index (χ3v) is 7.57. The summed E-state index contributed by atoms with van der Waals surface area (Å²) in [5.74, 6) is 0.204. The molecule has 0 aliphatic carbocycles. The number of nitrogens with zero attached hydrogens (tertiary/aromatic N) is 5. The second-order valence-electron chi connectivity index (χ2n) is 8.62. The van der Waals surface area contributed by atoms with E-state index in [0.29, 0.717) is 29.0 Å². The molecule has 3 heterocycles. The van der Waals surface area contributed by atoms with Crippen LogP contribution in [0.15, 0.2) is 60.7 Å². The number of carbonyl (C=O) groups excluding carboxylic acids is 2. The lowest BCUT2D eigenvalue weighted by Gasteiger charge is -2.13. The van der Waals surface area contributed by atoms with E-state index < -0.39 is 0 Å². The van der Waals surface area contributed by atoms with Gasteiger partial charge in [-0.3, -0.25) is 9.59 Å². The molecule has 0 unspecified atom stereocenters. The predicted molar refractivity (Wildman–Crippen MR) is 141 cm³/mol. The van der Waals surface area contributed by atoms with Crippen molar-refractivity contribution in [1.82, 2.24) is 20.4 Å². The van der Waals surface area contributed by atoms with Gasteiger partial charge < -0.3 is 15.5 Å². The number of hydrogen-bond donors (Lipinski definition) is 2. The van der Waals surface area contributed by atoms with E-state index in [1.165, 1.54) is 22.7 Å². The average molecular weight is 520 g/mol. The van der Waals surface area contributed by atoms with Gasteiger partial charge >= 0.3 is 0 Å². The van der Waals surface area contributed by atoms with E-state index in [9.17, 15) is 9.59 Å². The van der Waals surface area contributed by atoms with E-state index in [0.717, 1.165) is 47.2 Å². The van der Waals surface area contributed by atoms with Crippen molar-refractivity contribution in [2.24, 2.45) is 5.92 Å². The van der Waals surface area contributed by atoms with Crippen molar-refractivity contribution < 1.29 is 9.59 Å². The number of amides is 2. The SMILES string of the molecule is O=C(Cc1ccccc1)Nc1nnc(C[C@@H]2CCN(c3nnc(NC(=O)Cc4ccccc4)s3)C2)s1. The lowest BCUT2D eigenvalue weighted by molar-refractivity contribution is -0.116. The standard InChI is InChI=1S/C25H25N7O2S2/c33-20(13-17-7-3-1-4-8-17)26-23-29-28-22(35-23)15-19-11-12-32(16-19)25-31-30-24(36-25)27-21(34)14-18-9-5-2-6-10-18/h1-10,19H,11-16H2,(H,26,29,33)(H,27,30,34)/t19-/m0/s1. The number of hydrogen-bond acceptors (Lipinski definition) is 9. The topological polar surface area (TPSA) is 113 Å². The van der Waals surface area contributed by atoms with Crippen molar-refractivity contribution in [3.8, 4) is 0 Å². The fraction of sp³-hybridized carbons (Fsp3) is 0.280. The van der Waals surface area contributed by atoms with E-state index in [1.807, 2.05) is 60.7 Å². The van der Waals surface area contributed by atoms with E-state index in [2.05, 4.69) is 35.9 Å². The molecule has 1 aliphatic rings. The van der Waals surface area contributed by atoms with Crippen molar-refractivity contribution in [3.05, 3.63) is 76.8 Å². The quantitative estimate of drug-likeness (QED) is 0.346. The second kappa shape index (κ2) is 11.4. The van der Waals surface area contributed by atoms with Crippen LogP contribution in [0.5, 0.6) is 0 Å². The largest absolute Gasteiger partial charge is 0.346 e. The molecule has 2 aromatic carbocycles. The Kier molecular flexibility index (Phi) is 7.58. The third-order valence-electron chi connectivity index (χ3n) is 5.81. The number of rotatable bonds is 9. The van der Waals surface area contributed by atoms with Gasteiger partial charge in [-0.15, -0.1) is 20.4 Å². The maximum atomic E-state index is 12.3. The van der Waals surface area contributed by atoms with Crippen molar-refractivity contribution in [2.45, 2.75) is 25.7 Å². The van der Waals surface area contributed by atoms with Crippen molar-refractivity contribution in [2.75, 3.05) is 28.6 Å². The fourth-order valence-electron chi connectivity index (χ4n) is 4.09. The summed E-state index contributed by atoms with van der Waals surface area (Å²) in [4.78, 5) is 26.8. The molecule has 1 aliphatic heterocycles.